The Hall–Kier alpha value is -2.24. The second-order valence-electron chi connectivity index (χ2n) is 4.10. The number of hydrogen-bond donors (Lipinski definition) is 2. The molecule has 3 nitrogen and oxygen atoms in total. The first-order chi connectivity index (χ1) is 8.86. The number of para-hydroxylation sites is 1. The second kappa shape index (κ2) is 4.79. The van der Waals surface area contributed by atoms with E-state index in [1.807, 2.05) is 19.1 Å². The van der Waals surface area contributed by atoms with Gasteiger partial charge in [-0.05, 0) is 30.7 Å². The summed E-state index contributed by atoms with van der Waals surface area (Å²) in [6.45, 7) is 1.85. The Morgan fingerprint density at radius 2 is 1.84 bits per heavy atom. The Kier molecular flexibility index (Phi) is 3.33. The average molecular weight is 267 g/mol. The number of halogens is 3. The van der Waals surface area contributed by atoms with Crippen molar-refractivity contribution < 1.29 is 13.2 Å². The van der Waals surface area contributed by atoms with Gasteiger partial charge >= 0.3 is 6.18 Å². The molecule has 0 unspecified atom stereocenters. The Balaban J connectivity index is 2.36. The zero-order valence-electron chi connectivity index (χ0n) is 10.1. The minimum absolute atomic E-state index is 0.0709. The molecule has 1 aromatic carbocycles. The fourth-order valence-electron chi connectivity index (χ4n) is 1.63. The van der Waals surface area contributed by atoms with Gasteiger partial charge in [-0.25, -0.2) is 4.98 Å². The van der Waals surface area contributed by atoms with Crippen molar-refractivity contribution in [2.45, 2.75) is 13.1 Å². The first kappa shape index (κ1) is 13.2. The van der Waals surface area contributed by atoms with Gasteiger partial charge in [-0.2, -0.15) is 13.2 Å². The summed E-state index contributed by atoms with van der Waals surface area (Å²) in [4.78, 5) is 3.85. The number of nitrogens with one attached hydrogen (secondary N) is 1. The van der Waals surface area contributed by atoms with Crippen molar-refractivity contribution in [1.29, 1.82) is 0 Å². The van der Waals surface area contributed by atoms with E-state index in [2.05, 4.69) is 10.3 Å². The monoisotopic (exact) mass is 267 g/mol. The molecular weight excluding hydrogens is 255 g/mol. The van der Waals surface area contributed by atoms with E-state index in [0.717, 1.165) is 17.7 Å². The zero-order valence-corrected chi connectivity index (χ0v) is 10.1. The molecule has 6 heteroatoms. The van der Waals surface area contributed by atoms with Crippen LogP contribution in [-0.4, -0.2) is 4.98 Å². The van der Waals surface area contributed by atoms with Crippen LogP contribution in [0.5, 0.6) is 0 Å². The zero-order chi connectivity index (χ0) is 14.0. The van der Waals surface area contributed by atoms with Crippen molar-refractivity contribution in [2.24, 2.45) is 0 Å². The van der Waals surface area contributed by atoms with Crippen LogP contribution in [-0.2, 0) is 6.18 Å². The molecule has 1 heterocycles. The van der Waals surface area contributed by atoms with Crippen LogP contribution < -0.4 is 11.1 Å². The summed E-state index contributed by atoms with van der Waals surface area (Å²) >= 11 is 0. The third kappa shape index (κ3) is 3.15. The molecule has 0 radical (unpaired) electrons. The van der Waals surface area contributed by atoms with E-state index < -0.39 is 11.7 Å². The molecule has 0 atom stereocenters. The van der Waals surface area contributed by atoms with Gasteiger partial charge in [-0.15, -0.1) is 0 Å². The van der Waals surface area contributed by atoms with Gasteiger partial charge in [0.1, 0.15) is 11.6 Å². The summed E-state index contributed by atoms with van der Waals surface area (Å²) in [5.74, 6) is -0.104. The van der Waals surface area contributed by atoms with Crippen molar-refractivity contribution in [1.82, 2.24) is 4.98 Å². The molecule has 2 aromatic rings. The van der Waals surface area contributed by atoms with Gasteiger partial charge in [0, 0.05) is 5.69 Å². The SMILES string of the molecule is Cc1ccccc1Nc1cc(C(F)(F)F)cc(N)n1. The second-order valence-corrected chi connectivity index (χ2v) is 4.10. The van der Waals surface area contributed by atoms with E-state index in [0.29, 0.717) is 5.69 Å². The summed E-state index contributed by atoms with van der Waals surface area (Å²) in [7, 11) is 0. The molecule has 19 heavy (non-hydrogen) atoms. The van der Waals surface area contributed by atoms with Crippen molar-refractivity contribution >= 4 is 17.3 Å². The minimum atomic E-state index is -4.45. The Bertz CT molecular complexity index is 594. The molecule has 100 valence electrons. The van der Waals surface area contributed by atoms with E-state index >= 15 is 0 Å². The number of hydrogen-bond acceptors (Lipinski definition) is 3. The fourth-order valence-corrected chi connectivity index (χ4v) is 1.63. The van der Waals surface area contributed by atoms with E-state index in [-0.39, 0.29) is 11.6 Å². The third-order valence-corrected chi connectivity index (χ3v) is 2.58. The van der Waals surface area contributed by atoms with Crippen LogP contribution in [0.1, 0.15) is 11.1 Å². The summed E-state index contributed by atoms with van der Waals surface area (Å²) in [6.07, 6.45) is -4.45. The van der Waals surface area contributed by atoms with Gasteiger partial charge in [0.05, 0.1) is 5.56 Å². The molecule has 1 aromatic heterocycles. The summed E-state index contributed by atoms with van der Waals surface area (Å²) < 4.78 is 38.0. The first-order valence-corrected chi connectivity index (χ1v) is 5.53. The maximum atomic E-state index is 12.7. The van der Waals surface area contributed by atoms with Crippen LogP contribution in [0, 0.1) is 6.92 Å². The molecule has 0 fully saturated rings. The summed E-state index contributed by atoms with van der Waals surface area (Å²) in [5, 5.41) is 2.83. The van der Waals surface area contributed by atoms with Gasteiger partial charge < -0.3 is 11.1 Å². The van der Waals surface area contributed by atoms with Crippen LogP contribution in [0.4, 0.5) is 30.5 Å². The van der Waals surface area contributed by atoms with Gasteiger partial charge in [0.15, 0.2) is 0 Å². The van der Waals surface area contributed by atoms with Crippen molar-refractivity contribution in [2.75, 3.05) is 11.1 Å². The number of pyridine rings is 1. The number of aryl methyl sites for hydroxylation is 1. The lowest BCUT2D eigenvalue weighted by atomic mass is 10.2. The van der Waals surface area contributed by atoms with Crippen molar-refractivity contribution in [3.63, 3.8) is 0 Å². The van der Waals surface area contributed by atoms with E-state index in [1.54, 1.807) is 12.1 Å². The molecular formula is C13H12F3N3. The van der Waals surface area contributed by atoms with Gasteiger partial charge in [0.2, 0.25) is 0 Å². The predicted molar refractivity (Wildman–Crippen MR) is 68.1 cm³/mol. The number of nitrogens with two attached hydrogens (primary N) is 1. The normalized spacial score (nSPS) is 11.4. The average Bonchev–Trinajstić information content (AvgIpc) is 2.30. The summed E-state index contributed by atoms with van der Waals surface area (Å²) in [5.41, 5.74) is 6.17. The van der Waals surface area contributed by atoms with Crippen LogP contribution in [0.3, 0.4) is 0 Å². The summed E-state index contributed by atoms with van der Waals surface area (Å²) in [6, 6.07) is 8.97. The highest BCUT2D eigenvalue weighted by atomic mass is 19.4. The molecule has 0 aliphatic rings. The Labute approximate surface area is 108 Å². The number of nitrogens with zero attached hydrogens (tertiary/aromatic N) is 1. The quantitative estimate of drug-likeness (QED) is 0.871. The topological polar surface area (TPSA) is 50.9 Å². The lowest BCUT2D eigenvalue weighted by molar-refractivity contribution is -0.137. The molecule has 0 spiro atoms. The third-order valence-electron chi connectivity index (χ3n) is 2.58. The van der Waals surface area contributed by atoms with Crippen molar-refractivity contribution in [3.05, 3.63) is 47.5 Å². The number of aromatic nitrogens is 1. The van der Waals surface area contributed by atoms with E-state index in [4.69, 9.17) is 5.73 Å². The van der Waals surface area contributed by atoms with Crippen LogP contribution in [0.25, 0.3) is 0 Å². The highest BCUT2D eigenvalue weighted by molar-refractivity contribution is 5.62. The molecule has 3 N–H and O–H groups in total. The maximum absolute atomic E-state index is 12.7. The Morgan fingerprint density at radius 1 is 1.16 bits per heavy atom. The minimum Gasteiger partial charge on any atom is -0.384 e. The first-order valence-electron chi connectivity index (χ1n) is 5.53. The van der Waals surface area contributed by atoms with Gasteiger partial charge in [-0.3, -0.25) is 0 Å². The maximum Gasteiger partial charge on any atom is 0.416 e. The van der Waals surface area contributed by atoms with Gasteiger partial charge in [0.25, 0.3) is 0 Å². The van der Waals surface area contributed by atoms with Crippen LogP contribution in [0.2, 0.25) is 0 Å². The van der Waals surface area contributed by atoms with E-state index in [1.165, 1.54) is 0 Å². The molecule has 0 saturated carbocycles. The highest BCUT2D eigenvalue weighted by Gasteiger charge is 2.31. The van der Waals surface area contributed by atoms with Gasteiger partial charge in [-0.1, -0.05) is 18.2 Å². The van der Waals surface area contributed by atoms with Crippen molar-refractivity contribution in [3.8, 4) is 0 Å². The molecule has 2 rings (SSSR count). The number of nitrogen functional groups attached to an aromatic ring is 1. The number of anilines is 3. The number of benzene rings is 1. The molecule has 0 aliphatic heterocycles. The molecule has 0 aliphatic carbocycles. The predicted octanol–water partition coefficient (Wildman–Crippen LogP) is 3.73. The lowest BCUT2D eigenvalue weighted by Gasteiger charge is -2.12. The number of alkyl halides is 3. The molecule has 0 amide bonds. The standard InChI is InChI=1S/C13H12F3N3/c1-8-4-2-3-5-10(8)18-12-7-9(13(14,15)16)6-11(17)19-12/h2-7H,1H3,(H3,17,18,19). The molecule has 0 saturated heterocycles. The lowest BCUT2D eigenvalue weighted by Crippen LogP contribution is -2.08. The number of rotatable bonds is 2. The largest absolute Gasteiger partial charge is 0.416 e. The Morgan fingerprint density at radius 3 is 2.47 bits per heavy atom. The van der Waals surface area contributed by atoms with Crippen LogP contribution >= 0.6 is 0 Å². The highest BCUT2D eigenvalue weighted by Crippen LogP contribution is 2.32. The molecule has 0 bridgehead atoms. The van der Waals surface area contributed by atoms with Crippen LogP contribution in [0.15, 0.2) is 36.4 Å². The fraction of sp³-hybridized carbons (Fsp3) is 0.154. The smallest absolute Gasteiger partial charge is 0.384 e. The van der Waals surface area contributed by atoms with E-state index in [9.17, 15) is 13.2 Å².